The molecule has 0 spiro atoms. The van der Waals surface area contributed by atoms with Gasteiger partial charge in [-0.15, -0.1) is 0 Å². The first kappa shape index (κ1) is 21.9. The topological polar surface area (TPSA) is 75.7 Å². The van der Waals surface area contributed by atoms with Crippen molar-refractivity contribution < 1.29 is 17.9 Å². The lowest BCUT2D eigenvalue weighted by molar-refractivity contribution is -0.123. The quantitative estimate of drug-likeness (QED) is 0.697. The second-order valence-electron chi connectivity index (χ2n) is 6.89. The Bertz CT molecular complexity index is 878. The molecule has 1 unspecified atom stereocenters. The molecule has 1 amide bonds. The fourth-order valence-corrected chi connectivity index (χ4v) is 3.05. The third kappa shape index (κ3) is 6.65. The molecule has 0 bridgehead atoms. The molecule has 0 aliphatic heterocycles. The highest BCUT2D eigenvalue weighted by Crippen LogP contribution is 2.18. The highest BCUT2D eigenvalue weighted by molar-refractivity contribution is 7.88. The summed E-state index contributed by atoms with van der Waals surface area (Å²) in [5.74, 6) is 0.373. The van der Waals surface area contributed by atoms with Crippen LogP contribution in [0.3, 0.4) is 0 Å². The molecule has 2 aromatic rings. The SMILES string of the molecule is CCC(NC(=O)COc1ccc(CN(C)S(C)(=O)=O)cc1)c1ccc(C)cc1. The summed E-state index contributed by atoms with van der Waals surface area (Å²) in [5, 5.41) is 2.99. The van der Waals surface area contributed by atoms with E-state index in [1.165, 1.54) is 23.2 Å². The molecule has 28 heavy (non-hydrogen) atoms. The molecule has 1 N–H and O–H groups in total. The van der Waals surface area contributed by atoms with Crippen molar-refractivity contribution in [1.29, 1.82) is 0 Å². The predicted molar refractivity (Wildman–Crippen MR) is 111 cm³/mol. The molecule has 0 aliphatic rings. The lowest BCUT2D eigenvalue weighted by Crippen LogP contribution is -2.32. The lowest BCUT2D eigenvalue weighted by atomic mass is 10.0. The Morgan fingerprint density at radius 3 is 2.25 bits per heavy atom. The largest absolute Gasteiger partial charge is 0.484 e. The third-order valence-electron chi connectivity index (χ3n) is 4.49. The van der Waals surface area contributed by atoms with Crippen LogP contribution < -0.4 is 10.1 Å². The van der Waals surface area contributed by atoms with E-state index in [-0.39, 0.29) is 25.1 Å². The number of aryl methyl sites for hydroxylation is 1. The highest BCUT2D eigenvalue weighted by atomic mass is 32.2. The number of nitrogens with zero attached hydrogens (tertiary/aromatic N) is 1. The predicted octanol–water partition coefficient (Wildman–Crippen LogP) is 3.03. The molecule has 0 aliphatic carbocycles. The number of sulfonamides is 1. The molecule has 7 heteroatoms. The van der Waals surface area contributed by atoms with Crippen LogP contribution in [0, 0.1) is 6.92 Å². The van der Waals surface area contributed by atoms with E-state index in [1.807, 2.05) is 38.1 Å². The van der Waals surface area contributed by atoms with Gasteiger partial charge in [0, 0.05) is 13.6 Å². The molecule has 0 heterocycles. The van der Waals surface area contributed by atoms with Crippen molar-refractivity contribution in [3.63, 3.8) is 0 Å². The average molecular weight is 405 g/mol. The van der Waals surface area contributed by atoms with Crippen molar-refractivity contribution >= 4 is 15.9 Å². The van der Waals surface area contributed by atoms with E-state index in [4.69, 9.17) is 4.74 Å². The van der Waals surface area contributed by atoms with E-state index >= 15 is 0 Å². The van der Waals surface area contributed by atoms with Crippen molar-refractivity contribution in [2.75, 3.05) is 19.9 Å². The Morgan fingerprint density at radius 1 is 1.11 bits per heavy atom. The molecule has 6 nitrogen and oxygen atoms in total. The van der Waals surface area contributed by atoms with Gasteiger partial charge >= 0.3 is 0 Å². The van der Waals surface area contributed by atoms with Crippen molar-refractivity contribution in [3.05, 3.63) is 65.2 Å². The van der Waals surface area contributed by atoms with Gasteiger partial charge in [-0.3, -0.25) is 4.79 Å². The maximum absolute atomic E-state index is 12.2. The zero-order chi connectivity index (χ0) is 20.7. The Morgan fingerprint density at radius 2 is 1.71 bits per heavy atom. The second kappa shape index (κ2) is 9.71. The normalized spacial score (nSPS) is 12.6. The van der Waals surface area contributed by atoms with E-state index < -0.39 is 10.0 Å². The van der Waals surface area contributed by atoms with Gasteiger partial charge in [0.15, 0.2) is 6.61 Å². The summed E-state index contributed by atoms with van der Waals surface area (Å²) in [5.41, 5.74) is 3.09. The fourth-order valence-electron chi connectivity index (χ4n) is 2.67. The summed E-state index contributed by atoms with van der Waals surface area (Å²) < 4.78 is 29.8. The fraction of sp³-hybridized carbons (Fsp3) is 0.381. The summed E-state index contributed by atoms with van der Waals surface area (Å²) in [4.78, 5) is 12.2. The van der Waals surface area contributed by atoms with Gasteiger partial charge in [-0.2, -0.15) is 0 Å². The molecular formula is C21H28N2O4S. The highest BCUT2D eigenvalue weighted by Gasteiger charge is 2.14. The van der Waals surface area contributed by atoms with E-state index in [0.29, 0.717) is 5.75 Å². The molecule has 0 aromatic heterocycles. The maximum Gasteiger partial charge on any atom is 0.258 e. The lowest BCUT2D eigenvalue weighted by Gasteiger charge is -2.18. The van der Waals surface area contributed by atoms with Crippen LogP contribution in [0.4, 0.5) is 0 Å². The van der Waals surface area contributed by atoms with Crippen molar-refractivity contribution in [2.24, 2.45) is 0 Å². The number of amides is 1. The van der Waals surface area contributed by atoms with Gasteiger partial charge in [0.25, 0.3) is 5.91 Å². The number of hydrogen-bond acceptors (Lipinski definition) is 4. The number of carbonyl (C=O) groups is 1. The molecule has 1 atom stereocenters. The van der Waals surface area contributed by atoms with Gasteiger partial charge in [-0.25, -0.2) is 12.7 Å². The van der Waals surface area contributed by atoms with Crippen LogP contribution in [0.2, 0.25) is 0 Å². The second-order valence-corrected chi connectivity index (χ2v) is 8.98. The number of benzene rings is 2. The van der Waals surface area contributed by atoms with E-state index in [0.717, 1.165) is 17.5 Å². The number of ether oxygens (including phenoxy) is 1. The first-order valence-corrected chi connectivity index (χ1v) is 11.0. The van der Waals surface area contributed by atoms with Crippen molar-refractivity contribution in [1.82, 2.24) is 9.62 Å². The van der Waals surface area contributed by atoms with Gasteiger partial charge in [-0.05, 0) is 36.6 Å². The molecule has 0 fully saturated rings. The average Bonchev–Trinajstić information content (AvgIpc) is 2.65. The first-order chi connectivity index (χ1) is 13.2. The van der Waals surface area contributed by atoms with Gasteiger partial charge < -0.3 is 10.1 Å². The van der Waals surface area contributed by atoms with Crippen LogP contribution in [-0.2, 0) is 21.4 Å². The molecule has 0 radical (unpaired) electrons. The minimum atomic E-state index is -3.22. The van der Waals surface area contributed by atoms with Gasteiger partial charge in [0.2, 0.25) is 10.0 Å². The van der Waals surface area contributed by atoms with Crippen LogP contribution in [0.15, 0.2) is 48.5 Å². The molecule has 0 saturated carbocycles. The molecular weight excluding hydrogens is 376 g/mol. The Hall–Kier alpha value is -2.38. The minimum absolute atomic E-state index is 0.0504. The standard InChI is InChI=1S/C21H28N2O4S/c1-5-20(18-10-6-16(2)7-11-18)22-21(24)15-27-19-12-8-17(9-13-19)14-23(3)28(4,25)26/h6-13,20H,5,14-15H2,1-4H3,(H,22,24). The monoisotopic (exact) mass is 404 g/mol. The van der Waals surface area contributed by atoms with Gasteiger partial charge in [0.05, 0.1) is 12.3 Å². The van der Waals surface area contributed by atoms with Crippen LogP contribution in [-0.4, -0.2) is 38.5 Å². The number of nitrogens with one attached hydrogen (secondary N) is 1. The summed E-state index contributed by atoms with van der Waals surface area (Å²) >= 11 is 0. The van der Waals surface area contributed by atoms with Gasteiger partial charge in [-0.1, -0.05) is 48.9 Å². The van der Waals surface area contributed by atoms with Crippen LogP contribution in [0.1, 0.15) is 36.1 Å². The van der Waals surface area contributed by atoms with Gasteiger partial charge in [0.1, 0.15) is 5.75 Å². The molecule has 152 valence electrons. The summed E-state index contributed by atoms with van der Waals surface area (Å²) in [7, 11) is -1.69. The number of rotatable bonds is 9. The minimum Gasteiger partial charge on any atom is -0.484 e. The molecule has 2 aromatic carbocycles. The first-order valence-electron chi connectivity index (χ1n) is 9.18. The smallest absolute Gasteiger partial charge is 0.258 e. The molecule has 0 saturated heterocycles. The zero-order valence-corrected chi connectivity index (χ0v) is 17.6. The third-order valence-corrected chi connectivity index (χ3v) is 5.75. The zero-order valence-electron chi connectivity index (χ0n) is 16.8. The van der Waals surface area contributed by atoms with Crippen LogP contribution in [0.5, 0.6) is 5.75 Å². The maximum atomic E-state index is 12.2. The van der Waals surface area contributed by atoms with Crippen molar-refractivity contribution in [2.45, 2.75) is 32.9 Å². The van der Waals surface area contributed by atoms with E-state index in [9.17, 15) is 13.2 Å². The van der Waals surface area contributed by atoms with E-state index in [1.54, 1.807) is 24.3 Å². The van der Waals surface area contributed by atoms with E-state index in [2.05, 4.69) is 5.32 Å². The van der Waals surface area contributed by atoms with Crippen LogP contribution in [0.25, 0.3) is 0 Å². The Kier molecular flexibility index (Phi) is 7.60. The van der Waals surface area contributed by atoms with Crippen LogP contribution >= 0.6 is 0 Å². The Balaban J connectivity index is 1.87. The number of carbonyl (C=O) groups excluding carboxylic acids is 1. The summed E-state index contributed by atoms with van der Waals surface area (Å²) in [6, 6.07) is 15.1. The molecule has 2 rings (SSSR count). The van der Waals surface area contributed by atoms with Crippen molar-refractivity contribution in [3.8, 4) is 5.75 Å². The number of hydrogen-bond donors (Lipinski definition) is 1. The summed E-state index contributed by atoms with van der Waals surface area (Å²) in [6.45, 7) is 4.26. The Labute approximate surface area is 167 Å². The summed E-state index contributed by atoms with van der Waals surface area (Å²) in [6.07, 6.45) is 1.96.